The molecular weight excluding hydrogens is 627 g/mol. The Kier molecular flexibility index (Phi) is 7.11. The van der Waals surface area contributed by atoms with Crippen LogP contribution in [-0.2, 0) is 5.41 Å². The van der Waals surface area contributed by atoms with Gasteiger partial charge in [-0.1, -0.05) is 170 Å². The molecule has 244 valence electrons. The van der Waals surface area contributed by atoms with E-state index >= 15 is 0 Å². The van der Waals surface area contributed by atoms with Gasteiger partial charge in [-0.25, -0.2) is 0 Å². The van der Waals surface area contributed by atoms with Gasteiger partial charge in [0.2, 0.25) is 0 Å². The van der Waals surface area contributed by atoms with E-state index in [1.54, 1.807) is 0 Å². The maximum atomic E-state index is 2.46. The van der Waals surface area contributed by atoms with Crippen LogP contribution in [0.2, 0.25) is 0 Å². The third-order valence-electron chi connectivity index (χ3n) is 10.9. The van der Waals surface area contributed by atoms with Gasteiger partial charge in [0.15, 0.2) is 0 Å². The summed E-state index contributed by atoms with van der Waals surface area (Å²) in [6.07, 6.45) is 0. The van der Waals surface area contributed by atoms with Crippen molar-refractivity contribution in [2.45, 2.75) is 5.41 Å². The molecule has 0 amide bonds. The van der Waals surface area contributed by atoms with E-state index in [0.717, 1.165) is 17.1 Å². The van der Waals surface area contributed by atoms with Crippen molar-refractivity contribution in [2.24, 2.45) is 0 Å². The first-order valence-electron chi connectivity index (χ1n) is 18.0. The molecule has 0 aliphatic heterocycles. The average Bonchev–Trinajstić information content (AvgIpc) is 3.53. The second kappa shape index (κ2) is 12.3. The first kappa shape index (κ1) is 30.2. The van der Waals surface area contributed by atoms with Gasteiger partial charge in [0.25, 0.3) is 0 Å². The molecule has 0 bridgehead atoms. The van der Waals surface area contributed by atoms with Crippen LogP contribution in [0.25, 0.3) is 43.8 Å². The topological polar surface area (TPSA) is 3.24 Å². The summed E-state index contributed by atoms with van der Waals surface area (Å²) in [7, 11) is 0. The van der Waals surface area contributed by atoms with Crippen molar-refractivity contribution >= 4 is 38.6 Å². The van der Waals surface area contributed by atoms with Crippen molar-refractivity contribution in [3.05, 3.63) is 235 Å². The molecule has 0 fully saturated rings. The molecule has 9 aromatic rings. The monoisotopic (exact) mass is 661 g/mol. The molecule has 52 heavy (non-hydrogen) atoms. The average molecular weight is 662 g/mol. The predicted octanol–water partition coefficient (Wildman–Crippen LogP) is 13.5. The second-order valence-electron chi connectivity index (χ2n) is 13.7. The molecule has 0 heterocycles. The summed E-state index contributed by atoms with van der Waals surface area (Å²) < 4.78 is 0. The minimum Gasteiger partial charge on any atom is -0.310 e. The molecular formula is C51H35N. The molecule has 1 aliphatic rings. The zero-order valence-electron chi connectivity index (χ0n) is 28.7. The van der Waals surface area contributed by atoms with Gasteiger partial charge in [0.1, 0.15) is 0 Å². The maximum absolute atomic E-state index is 2.46. The quantitative estimate of drug-likeness (QED) is 0.160. The van der Waals surface area contributed by atoms with Crippen molar-refractivity contribution in [1.82, 2.24) is 0 Å². The first-order chi connectivity index (χ1) is 25.8. The predicted molar refractivity (Wildman–Crippen MR) is 219 cm³/mol. The summed E-state index contributed by atoms with van der Waals surface area (Å²) in [4.78, 5) is 2.46. The van der Waals surface area contributed by atoms with Gasteiger partial charge in [-0.05, 0) is 103 Å². The van der Waals surface area contributed by atoms with E-state index in [1.807, 2.05) is 0 Å². The third kappa shape index (κ3) is 4.71. The van der Waals surface area contributed by atoms with Crippen LogP contribution in [0.4, 0.5) is 17.1 Å². The summed E-state index contributed by atoms with van der Waals surface area (Å²) >= 11 is 0. The summed E-state index contributed by atoms with van der Waals surface area (Å²) in [5.74, 6) is 0. The second-order valence-corrected chi connectivity index (χ2v) is 13.7. The van der Waals surface area contributed by atoms with Gasteiger partial charge in [-0.2, -0.15) is 0 Å². The summed E-state index contributed by atoms with van der Waals surface area (Å²) in [6.45, 7) is 0. The number of rotatable bonds is 6. The van der Waals surface area contributed by atoms with Gasteiger partial charge in [-0.15, -0.1) is 0 Å². The van der Waals surface area contributed by atoms with E-state index in [4.69, 9.17) is 0 Å². The Bertz CT molecular complexity index is 2670. The Morgan fingerprint density at radius 3 is 1.54 bits per heavy atom. The molecule has 1 nitrogen and oxygen atoms in total. The molecule has 0 spiro atoms. The number of benzene rings is 9. The lowest BCUT2D eigenvalue weighted by atomic mass is 9.68. The maximum Gasteiger partial charge on any atom is 0.0714 e. The van der Waals surface area contributed by atoms with Crippen molar-refractivity contribution in [3.63, 3.8) is 0 Å². The highest BCUT2D eigenvalue weighted by Crippen LogP contribution is 2.59. The molecule has 10 rings (SSSR count). The number of hydrogen-bond acceptors (Lipinski definition) is 1. The Labute approximate surface area is 304 Å². The van der Waals surface area contributed by atoms with E-state index in [2.05, 4.69) is 217 Å². The van der Waals surface area contributed by atoms with E-state index in [9.17, 15) is 0 Å². The van der Waals surface area contributed by atoms with E-state index in [-0.39, 0.29) is 0 Å². The fourth-order valence-corrected chi connectivity index (χ4v) is 8.59. The molecule has 0 N–H and O–H groups in total. The fraction of sp³-hybridized carbons (Fsp3) is 0.0196. The lowest BCUT2D eigenvalue weighted by molar-refractivity contribution is 0.768. The number of anilines is 3. The number of fused-ring (bicyclic) bond motifs is 5. The van der Waals surface area contributed by atoms with Crippen molar-refractivity contribution < 1.29 is 0 Å². The lowest BCUT2D eigenvalue weighted by Gasteiger charge is -2.34. The van der Waals surface area contributed by atoms with Crippen LogP contribution >= 0.6 is 0 Å². The Morgan fingerprint density at radius 1 is 0.327 bits per heavy atom. The van der Waals surface area contributed by atoms with Crippen LogP contribution in [-0.4, -0.2) is 0 Å². The van der Waals surface area contributed by atoms with Crippen molar-refractivity contribution in [2.75, 3.05) is 4.90 Å². The smallest absolute Gasteiger partial charge is 0.0714 e. The molecule has 9 aromatic carbocycles. The molecule has 0 saturated carbocycles. The Balaban J connectivity index is 1.25. The van der Waals surface area contributed by atoms with Gasteiger partial charge >= 0.3 is 0 Å². The van der Waals surface area contributed by atoms with E-state index < -0.39 is 5.41 Å². The number of nitrogens with zero attached hydrogens (tertiary/aromatic N) is 1. The normalized spacial score (nSPS) is 12.8. The summed E-state index contributed by atoms with van der Waals surface area (Å²) in [5.41, 5.74) is 13.0. The molecule has 0 unspecified atom stereocenters. The van der Waals surface area contributed by atoms with Gasteiger partial charge in [0.05, 0.1) is 11.1 Å². The zero-order valence-corrected chi connectivity index (χ0v) is 28.7. The minimum atomic E-state index is -0.477. The van der Waals surface area contributed by atoms with Gasteiger partial charge in [-0.3, -0.25) is 0 Å². The third-order valence-corrected chi connectivity index (χ3v) is 10.9. The molecule has 1 heteroatoms. The van der Waals surface area contributed by atoms with E-state index in [1.165, 1.54) is 66.1 Å². The van der Waals surface area contributed by atoms with Crippen LogP contribution in [0.15, 0.2) is 212 Å². The Hall–Kier alpha value is -6.70. The first-order valence-corrected chi connectivity index (χ1v) is 18.0. The Morgan fingerprint density at radius 2 is 0.846 bits per heavy atom. The highest BCUT2D eigenvalue weighted by atomic mass is 15.1. The summed E-state index contributed by atoms with van der Waals surface area (Å²) in [6, 6.07) is 77.9. The molecule has 0 atom stereocenters. The lowest BCUT2D eigenvalue weighted by Crippen LogP contribution is -2.28. The van der Waals surface area contributed by atoms with Gasteiger partial charge < -0.3 is 4.90 Å². The number of hydrogen-bond donors (Lipinski definition) is 0. The van der Waals surface area contributed by atoms with Crippen LogP contribution in [0.1, 0.15) is 22.3 Å². The zero-order chi connectivity index (χ0) is 34.5. The standard InChI is InChI=1S/C51H35N/c1-4-15-36(16-5-1)37-27-30-44(31-28-37)52(45-32-29-40-33-38-17-10-11-18-39(38)34-41(40)35-45)49-26-14-25-48-50(49)46-23-12-13-24-47(46)51(48,42-19-6-2-7-20-42)43-21-8-3-9-22-43/h1-35H. The van der Waals surface area contributed by atoms with Crippen molar-refractivity contribution in [3.8, 4) is 22.3 Å². The fourth-order valence-electron chi connectivity index (χ4n) is 8.59. The largest absolute Gasteiger partial charge is 0.310 e. The highest BCUT2D eigenvalue weighted by molar-refractivity contribution is 6.02. The molecule has 1 aliphatic carbocycles. The highest BCUT2D eigenvalue weighted by Gasteiger charge is 2.47. The van der Waals surface area contributed by atoms with Crippen LogP contribution in [0.5, 0.6) is 0 Å². The van der Waals surface area contributed by atoms with Crippen LogP contribution in [0, 0.1) is 0 Å². The van der Waals surface area contributed by atoms with Crippen LogP contribution in [0.3, 0.4) is 0 Å². The van der Waals surface area contributed by atoms with E-state index in [0.29, 0.717) is 0 Å². The summed E-state index contributed by atoms with van der Waals surface area (Å²) in [5, 5.41) is 4.96. The van der Waals surface area contributed by atoms with Crippen molar-refractivity contribution in [1.29, 1.82) is 0 Å². The SMILES string of the molecule is c1ccc(-c2ccc(N(c3ccc4cc5ccccc5cc4c3)c3cccc4c3-c3ccccc3C4(c3ccccc3)c3ccccc3)cc2)cc1. The van der Waals surface area contributed by atoms with Gasteiger partial charge in [0, 0.05) is 16.9 Å². The molecule has 0 aromatic heterocycles. The molecule has 0 saturated heterocycles. The van der Waals surface area contributed by atoms with Crippen LogP contribution < -0.4 is 4.90 Å². The minimum absolute atomic E-state index is 0.477. The molecule has 0 radical (unpaired) electrons.